The Morgan fingerprint density at radius 3 is 2.53 bits per heavy atom. The van der Waals surface area contributed by atoms with Crippen molar-refractivity contribution in [2.45, 2.75) is 45.2 Å². The topological polar surface area (TPSA) is 133 Å². The quantitative estimate of drug-likeness (QED) is 0.363. The maximum absolute atomic E-state index is 12.7. The Bertz CT molecular complexity index is 1190. The molecular weight excluding hydrogens is 432 g/mol. The van der Waals surface area contributed by atoms with Crippen molar-refractivity contribution in [3.8, 4) is 0 Å². The van der Waals surface area contributed by atoms with Crippen LogP contribution in [0.25, 0.3) is 11.0 Å². The summed E-state index contributed by atoms with van der Waals surface area (Å²) in [6.45, 7) is 4.49. The molecule has 1 aromatic heterocycles. The molecule has 2 aromatic carbocycles. The van der Waals surface area contributed by atoms with E-state index in [-0.39, 0.29) is 18.2 Å². The Labute approximate surface area is 198 Å². The van der Waals surface area contributed by atoms with E-state index in [0.29, 0.717) is 35.8 Å². The highest BCUT2D eigenvalue weighted by Gasteiger charge is 2.21. The molecule has 1 aliphatic heterocycles. The standard InChI is InChI=1S/C25H30N6O3/c1-16-4-3-13-31(16)15-23-29-20-11-10-19(14-21(20)30-23)28-25(34)18-8-6-17(7-9-18)24(33)27-12-2-5-22(26)32/h6-11,14,16H,2-5,12-13,15H2,1H3,(H2,26,32)(H,27,33)(H,28,34)(H,29,30)/t16-/m0/s1. The number of aromatic amines is 1. The van der Waals surface area contributed by atoms with E-state index in [2.05, 4.69) is 27.4 Å². The molecule has 1 fully saturated rings. The van der Waals surface area contributed by atoms with Gasteiger partial charge in [-0.15, -0.1) is 0 Å². The van der Waals surface area contributed by atoms with Gasteiger partial charge in [0, 0.05) is 35.8 Å². The number of carbonyl (C=O) groups is 3. The van der Waals surface area contributed by atoms with E-state index in [9.17, 15) is 14.4 Å². The molecule has 0 saturated carbocycles. The Morgan fingerprint density at radius 2 is 1.85 bits per heavy atom. The van der Waals surface area contributed by atoms with Gasteiger partial charge in [-0.25, -0.2) is 4.98 Å². The first-order valence-electron chi connectivity index (χ1n) is 11.6. The fourth-order valence-corrected chi connectivity index (χ4v) is 4.17. The Morgan fingerprint density at radius 1 is 1.12 bits per heavy atom. The lowest BCUT2D eigenvalue weighted by molar-refractivity contribution is -0.118. The van der Waals surface area contributed by atoms with Crippen LogP contribution in [0.5, 0.6) is 0 Å². The first-order chi connectivity index (χ1) is 16.4. The Kier molecular flexibility index (Phi) is 7.22. The number of aromatic nitrogens is 2. The maximum Gasteiger partial charge on any atom is 0.255 e. The number of H-pyrrole nitrogens is 1. The van der Waals surface area contributed by atoms with Crippen molar-refractivity contribution in [1.82, 2.24) is 20.2 Å². The SMILES string of the molecule is C[C@H]1CCCN1Cc1nc2cc(NC(=O)c3ccc(C(=O)NCCCC(N)=O)cc3)ccc2[nH]1. The number of imidazole rings is 1. The second-order valence-corrected chi connectivity index (χ2v) is 8.73. The van der Waals surface area contributed by atoms with Crippen molar-refractivity contribution in [1.29, 1.82) is 0 Å². The van der Waals surface area contributed by atoms with Crippen LogP contribution in [-0.4, -0.2) is 51.7 Å². The summed E-state index contributed by atoms with van der Waals surface area (Å²) in [6, 6.07) is 12.6. The fourth-order valence-electron chi connectivity index (χ4n) is 4.17. The normalized spacial score (nSPS) is 16.0. The monoisotopic (exact) mass is 462 g/mol. The van der Waals surface area contributed by atoms with E-state index in [1.807, 2.05) is 18.2 Å². The number of anilines is 1. The molecular formula is C25H30N6O3. The minimum absolute atomic E-state index is 0.225. The number of fused-ring (bicyclic) bond motifs is 1. The number of rotatable bonds is 9. The summed E-state index contributed by atoms with van der Waals surface area (Å²) in [5, 5.41) is 5.62. The molecule has 2 heterocycles. The summed E-state index contributed by atoms with van der Waals surface area (Å²) in [5.74, 6) is -0.00196. The molecule has 3 amide bonds. The van der Waals surface area contributed by atoms with Gasteiger partial charge in [-0.1, -0.05) is 0 Å². The van der Waals surface area contributed by atoms with Crippen LogP contribution in [-0.2, 0) is 11.3 Å². The molecule has 0 bridgehead atoms. The molecule has 0 radical (unpaired) electrons. The number of hydrogen-bond acceptors (Lipinski definition) is 5. The molecule has 9 heteroatoms. The molecule has 1 atom stereocenters. The van der Waals surface area contributed by atoms with Crippen LogP contribution in [0.3, 0.4) is 0 Å². The second-order valence-electron chi connectivity index (χ2n) is 8.73. The van der Waals surface area contributed by atoms with Crippen molar-refractivity contribution in [3.05, 3.63) is 59.4 Å². The van der Waals surface area contributed by atoms with Crippen LogP contribution < -0.4 is 16.4 Å². The highest BCUT2D eigenvalue weighted by Crippen LogP contribution is 2.22. The van der Waals surface area contributed by atoms with Gasteiger partial charge in [0.25, 0.3) is 11.8 Å². The summed E-state index contributed by atoms with van der Waals surface area (Å²) < 4.78 is 0. The van der Waals surface area contributed by atoms with E-state index >= 15 is 0 Å². The molecule has 1 saturated heterocycles. The van der Waals surface area contributed by atoms with Gasteiger partial charge in [0.2, 0.25) is 5.91 Å². The van der Waals surface area contributed by atoms with Gasteiger partial charge in [0.15, 0.2) is 0 Å². The van der Waals surface area contributed by atoms with Crippen molar-refractivity contribution >= 4 is 34.4 Å². The summed E-state index contributed by atoms with van der Waals surface area (Å²) in [4.78, 5) is 46.1. The highest BCUT2D eigenvalue weighted by atomic mass is 16.2. The molecule has 0 aliphatic carbocycles. The van der Waals surface area contributed by atoms with Crippen LogP contribution in [0.1, 0.15) is 59.1 Å². The van der Waals surface area contributed by atoms with Gasteiger partial charge in [0.05, 0.1) is 17.6 Å². The average Bonchev–Trinajstić information content (AvgIpc) is 3.41. The Balaban J connectivity index is 1.34. The predicted octanol–water partition coefficient (Wildman–Crippen LogP) is 2.79. The van der Waals surface area contributed by atoms with Gasteiger partial charge in [-0.05, 0) is 75.2 Å². The molecule has 178 valence electrons. The number of nitrogens with one attached hydrogen (secondary N) is 3. The molecule has 9 nitrogen and oxygen atoms in total. The molecule has 1 aliphatic rings. The largest absolute Gasteiger partial charge is 0.370 e. The summed E-state index contributed by atoms with van der Waals surface area (Å²) in [5.41, 5.74) is 8.36. The minimum Gasteiger partial charge on any atom is -0.370 e. The van der Waals surface area contributed by atoms with Crippen molar-refractivity contribution in [2.24, 2.45) is 5.73 Å². The van der Waals surface area contributed by atoms with Crippen LogP contribution in [0.2, 0.25) is 0 Å². The molecule has 34 heavy (non-hydrogen) atoms. The maximum atomic E-state index is 12.7. The van der Waals surface area contributed by atoms with Crippen molar-refractivity contribution in [3.63, 3.8) is 0 Å². The molecule has 5 N–H and O–H groups in total. The molecule has 0 unspecified atom stereocenters. The van der Waals surface area contributed by atoms with Crippen LogP contribution >= 0.6 is 0 Å². The number of nitrogens with zero attached hydrogens (tertiary/aromatic N) is 2. The number of nitrogens with two attached hydrogens (primary N) is 1. The minimum atomic E-state index is -0.395. The van der Waals surface area contributed by atoms with Gasteiger partial charge >= 0.3 is 0 Å². The van der Waals surface area contributed by atoms with Gasteiger partial charge in [-0.2, -0.15) is 0 Å². The molecule has 4 rings (SSSR count). The molecule has 3 aromatic rings. The van der Waals surface area contributed by atoms with Crippen LogP contribution in [0, 0.1) is 0 Å². The van der Waals surface area contributed by atoms with Crippen LogP contribution in [0.15, 0.2) is 42.5 Å². The van der Waals surface area contributed by atoms with Gasteiger partial charge in [-0.3, -0.25) is 19.3 Å². The lowest BCUT2D eigenvalue weighted by Gasteiger charge is -2.19. The number of amides is 3. The number of carbonyl (C=O) groups excluding carboxylic acids is 3. The molecule has 0 spiro atoms. The highest BCUT2D eigenvalue weighted by molar-refractivity contribution is 6.05. The van der Waals surface area contributed by atoms with Gasteiger partial charge < -0.3 is 21.4 Å². The van der Waals surface area contributed by atoms with E-state index in [0.717, 1.165) is 29.9 Å². The summed E-state index contributed by atoms with van der Waals surface area (Å²) >= 11 is 0. The third-order valence-corrected chi connectivity index (χ3v) is 6.13. The number of benzene rings is 2. The van der Waals surface area contributed by atoms with E-state index in [4.69, 9.17) is 10.7 Å². The smallest absolute Gasteiger partial charge is 0.255 e. The van der Waals surface area contributed by atoms with Crippen molar-refractivity contribution in [2.75, 3.05) is 18.4 Å². The van der Waals surface area contributed by atoms with Crippen molar-refractivity contribution < 1.29 is 14.4 Å². The first kappa shape index (κ1) is 23.4. The third kappa shape index (κ3) is 5.79. The van der Waals surface area contributed by atoms with Gasteiger partial charge in [0.1, 0.15) is 5.82 Å². The second kappa shape index (κ2) is 10.5. The van der Waals surface area contributed by atoms with E-state index < -0.39 is 5.91 Å². The zero-order valence-electron chi connectivity index (χ0n) is 19.3. The zero-order valence-corrected chi connectivity index (χ0v) is 19.3. The lowest BCUT2D eigenvalue weighted by Crippen LogP contribution is -2.26. The van der Waals surface area contributed by atoms with E-state index in [1.54, 1.807) is 24.3 Å². The van der Waals surface area contributed by atoms with Crippen LogP contribution in [0.4, 0.5) is 5.69 Å². The number of primary amides is 1. The number of likely N-dealkylation sites (tertiary alicyclic amines) is 1. The lowest BCUT2D eigenvalue weighted by atomic mass is 10.1. The first-order valence-corrected chi connectivity index (χ1v) is 11.6. The average molecular weight is 463 g/mol. The summed E-state index contributed by atoms with van der Waals surface area (Å²) in [7, 11) is 0. The number of hydrogen-bond donors (Lipinski definition) is 4. The Hall–Kier alpha value is -3.72. The van der Waals surface area contributed by atoms with E-state index in [1.165, 1.54) is 12.8 Å². The summed E-state index contributed by atoms with van der Waals surface area (Å²) in [6.07, 6.45) is 3.16. The fraction of sp³-hybridized carbons (Fsp3) is 0.360. The third-order valence-electron chi connectivity index (χ3n) is 6.13. The zero-order chi connectivity index (χ0) is 24.1. The predicted molar refractivity (Wildman–Crippen MR) is 130 cm³/mol.